The molecular weight excluding hydrogens is 470 g/mol. The number of carboxylic acids is 2. The van der Waals surface area contributed by atoms with Gasteiger partial charge in [-0.15, -0.1) is 0 Å². The molecule has 186 valence electrons. The minimum absolute atomic E-state index is 0.537. The van der Waals surface area contributed by atoms with Crippen LogP contribution in [-0.4, -0.2) is 51.8 Å². The number of hydrogen-bond donors (Lipinski definition) is 3. The lowest BCUT2D eigenvalue weighted by molar-refractivity contribution is -0.134. The average molecular weight is 500 g/mol. The molecule has 1 aliphatic rings. The molecule has 0 radical (unpaired) electrons. The quantitative estimate of drug-likeness (QED) is 0.301. The number of piperidine rings is 1. The third kappa shape index (κ3) is 8.42. The molecule has 0 unspecified atom stereocenters. The molecule has 0 bridgehead atoms. The third-order valence-corrected chi connectivity index (χ3v) is 6.42. The van der Waals surface area contributed by atoms with Crippen LogP contribution >= 0.6 is 11.6 Å². The van der Waals surface area contributed by atoms with E-state index in [4.69, 9.17) is 32.1 Å². The molecule has 4 N–H and O–H groups in total. The maximum absolute atomic E-state index is 9.55. The van der Waals surface area contributed by atoms with E-state index in [9.17, 15) is 9.59 Å². The fourth-order valence-corrected chi connectivity index (χ4v) is 4.28. The van der Waals surface area contributed by atoms with E-state index >= 15 is 0 Å². The zero-order chi connectivity index (χ0) is 25.2. The van der Waals surface area contributed by atoms with E-state index in [0.29, 0.717) is 22.9 Å². The van der Waals surface area contributed by atoms with Crippen molar-refractivity contribution in [3.05, 3.63) is 70.9 Å². The van der Waals surface area contributed by atoms with Crippen LogP contribution in [0.25, 0.3) is 11.0 Å². The van der Waals surface area contributed by atoms with Crippen molar-refractivity contribution >= 4 is 40.2 Å². The summed E-state index contributed by atoms with van der Waals surface area (Å²) in [5.74, 6) is -1.76. The topological polar surface area (TPSA) is 130 Å². The van der Waals surface area contributed by atoms with Crippen LogP contribution in [0.15, 0.2) is 59.1 Å². The van der Waals surface area contributed by atoms with Gasteiger partial charge in [-0.2, -0.15) is 0 Å². The number of hydrogen-bond acceptors (Lipinski definition) is 6. The number of aromatic nitrogens is 1. The molecular formula is C26H30ClN3O5. The van der Waals surface area contributed by atoms with E-state index in [1.807, 2.05) is 6.07 Å². The van der Waals surface area contributed by atoms with Crippen LogP contribution in [0.2, 0.25) is 5.02 Å². The molecule has 8 nitrogen and oxygen atoms in total. The predicted molar refractivity (Wildman–Crippen MR) is 135 cm³/mol. The van der Waals surface area contributed by atoms with E-state index in [1.165, 1.54) is 31.5 Å². The highest BCUT2D eigenvalue weighted by Gasteiger charge is 2.20. The van der Waals surface area contributed by atoms with Crippen molar-refractivity contribution in [3.63, 3.8) is 0 Å². The van der Waals surface area contributed by atoms with E-state index in [0.717, 1.165) is 48.4 Å². The lowest BCUT2D eigenvalue weighted by Crippen LogP contribution is -2.35. The monoisotopic (exact) mass is 499 g/mol. The van der Waals surface area contributed by atoms with Crippen LogP contribution in [0.4, 0.5) is 5.69 Å². The molecule has 0 atom stereocenters. The Morgan fingerprint density at radius 1 is 1.09 bits per heavy atom. The highest BCUT2D eigenvalue weighted by molar-refractivity contribution is 6.33. The van der Waals surface area contributed by atoms with Crippen molar-refractivity contribution < 1.29 is 24.3 Å². The van der Waals surface area contributed by atoms with Gasteiger partial charge in [0.05, 0.1) is 16.4 Å². The molecule has 9 heteroatoms. The van der Waals surface area contributed by atoms with Gasteiger partial charge in [0.25, 0.3) is 0 Å². The number of carbonyl (C=O) groups is 2. The van der Waals surface area contributed by atoms with Gasteiger partial charge in [-0.1, -0.05) is 47.1 Å². The molecule has 3 aromatic rings. The fraction of sp³-hybridized carbons (Fsp3) is 0.346. The van der Waals surface area contributed by atoms with Crippen LogP contribution in [-0.2, 0) is 22.4 Å². The Kier molecular flexibility index (Phi) is 9.69. The van der Waals surface area contributed by atoms with Crippen molar-refractivity contribution in [1.29, 1.82) is 0 Å². The summed E-state index contributed by atoms with van der Waals surface area (Å²) >= 11 is 6.16. The zero-order valence-corrected chi connectivity index (χ0v) is 20.2. The second kappa shape index (κ2) is 12.9. The number of fused-ring (bicyclic) bond motifs is 1. The van der Waals surface area contributed by atoms with E-state index in [1.54, 1.807) is 6.07 Å². The summed E-state index contributed by atoms with van der Waals surface area (Å²) in [6.07, 6.45) is 6.86. The van der Waals surface area contributed by atoms with E-state index in [2.05, 4.69) is 40.4 Å². The average Bonchev–Trinajstić information content (AvgIpc) is 3.23. The normalized spacial score (nSPS) is 14.7. The maximum Gasteiger partial charge on any atom is 0.328 e. The highest BCUT2D eigenvalue weighted by atomic mass is 35.5. The zero-order valence-electron chi connectivity index (χ0n) is 19.4. The van der Waals surface area contributed by atoms with Crippen molar-refractivity contribution in [2.45, 2.75) is 32.1 Å². The van der Waals surface area contributed by atoms with Crippen molar-refractivity contribution in [2.75, 3.05) is 25.4 Å². The van der Waals surface area contributed by atoms with Crippen LogP contribution in [0.3, 0.4) is 0 Å². The van der Waals surface area contributed by atoms with Crippen molar-refractivity contribution in [1.82, 2.24) is 10.1 Å². The smallest absolute Gasteiger partial charge is 0.328 e. The molecule has 0 aliphatic carbocycles. The van der Waals surface area contributed by atoms with Gasteiger partial charge in [-0.25, -0.2) is 9.59 Å². The third-order valence-electron chi connectivity index (χ3n) is 6.09. The molecule has 1 saturated heterocycles. The molecule has 2 aromatic carbocycles. The Morgan fingerprint density at radius 3 is 2.37 bits per heavy atom. The number of nitrogen functional groups attached to an aromatic ring is 1. The summed E-state index contributed by atoms with van der Waals surface area (Å²) < 4.78 is 5.42. The number of anilines is 1. The Balaban J connectivity index is 0.000000371. The van der Waals surface area contributed by atoms with Gasteiger partial charge in [-0.3, -0.25) is 0 Å². The summed E-state index contributed by atoms with van der Waals surface area (Å²) in [5, 5.41) is 21.4. The molecule has 1 aliphatic heterocycles. The number of carboxylic acid groups (broad SMARTS) is 2. The predicted octanol–water partition coefficient (Wildman–Crippen LogP) is 4.66. The highest BCUT2D eigenvalue weighted by Crippen LogP contribution is 2.30. The fourth-order valence-electron chi connectivity index (χ4n) is 4.12. The van der Waals surface area contributed by atoms with E-state index < -0.39 is 11.9 Å². The number of halogens is 1. The van der Waals surface area contributed by atoms with Gasteiger partial charge in [0, 0.05) is 30.1 Å². The van der Waals surface area contributed by atoms with Crippen molar-refractivity contribution in [2.24, 2.45) is 5.92 Å². The van der Waals surface area contributed by atoms with Gasteiger partial charge in [0.15, 0.2) is 5.58 Å². The second-order valence-electron chi connectivity index (χ2n) is 8.57. The summed E-state index contributed by atoms with van der Waals surface area (Å²) in [6.45, 7) is 3.55. The van der Waals surface area contributed by atoms with Crippen molar-refractivity contribution in [3.8, 4) is 0 Å². The minimum atomic E-state index is -1.26. The maximum atomic E-state index is 9.55. The first-order chi connectivity index (χ1) is 16.8. The second-order valence-corrected chi connectivity index (χ2v) is 8.98. The molecule has 1 fully saturated rings. The Labute approximate surface area is 209 Å². The molecule has 35 heavy (non-hydrogen) atoms. The van der Waals surface area contributed by atoms with Crippen LogP contribution in [0, 0.1) is 5.92 Å². The van der Waals surface area contributed by atoms with Crippen LogP contribution < -0.4 is 5.73 Å². The summed E-state index contributed by atoms with van der Waals surface area (Å²) in [6, 6.07) is 14.4. The lowest BCUT2D eigenvalue weighted by atomic mass is 9.91. The van der Waals surface area contributed by atoms with Crippen LogP contribution in [0.5, 0.6) is 0 Å². The number of likely N-dealkylation sites (tertiary alicyclic amines) is 1. The van der Waals surface area contributed by atoms with E-state index in [-0.39, 0.29) is 0 Å². The van der Waals surface area contributed by atoms with Gasteiger partial charge in [-0.05, 0) is 62.7 Å². The molecule has 0 saturated carbocycles. The number of nitrogens with two attached hydrogens (primary N) is 1. The SMILES string of the molecule is Nc1cc2onc(CCC3CCN(CCc4ccccc4)CC3)c2cc1Cl.O=C(O)/C=C/C(=O)O. The van der Waals surface area contributed by atoms with Gasteiger partial charge >= 0.3 is 11.9 Å². The Morgan fingerprint density at radius 2 is 1.74 bits per heavy atom. The number of aryl methyl sites for hydroxylation is 1. The number of nitrogens with zero attached hydrogens (tertiary/aromatic N) is 2. The number of aliphatic carboxylic acids is 2. The molecule has 0 spiro atoms. The molecule has 2 heterocycles. The number of benzene rings is 2. The summed E-state index contributed by atoms with van der Waals surface area (Å²) in [5.41, 5.74) is 9.52. The summed E-state index contributed by atoms with van der Waals surface area (Å²) in [7, 11) is 0. The molecule has 0 amide bonds. The minimum Gasteiger partial charge on any atom is -0.478 e. The first-order valence-corrected chi connectivity index (χ1v) is 11.9. The Bertz CT molecular complexity index is 1140. The molecule has 1 aromatic heterocycles. The molecule has 4 rings (SSSR count). The first-order valence-electron chi connectivity index (χ1n) is 11.6. The summed E-state index contributed by atoms with van der Waals surface area (Å²) in [4.78, 5) is 21.7. The van der Waals surface area contributed by atoms with Gasteiger partial charge < -0.3 is 25.4 Å². The standard InChI is InChI=1S/C22H26ClN3O.C4H4O4/c23-19-14-18-21(25-27-22(18)15-20(19)24)7-6-17-9-12-26(13-10-17)11-8-16-4-2-1-3-5-16;5-3(6)1-2-4(7)8/h1-5,14-15,17H,6-13,24H2;1-2H,(H,5,6)(H,7,8)/b;2-1+. The first kappa shape index (κ1) is 26.2. The lowest BCUT2D eigenvalue weighted by Gasteiger charge is -2.31. The largest absolute Gasteiger partial charge is 0.478 e. The Hall–Kier alpha value is -3.36. The number of rotatable bonds is 8. The van der Waals surface area contributed by atoms with Gasteiger partial charge in [0.2, 0.25) is 0 Å². The van der Waals surface area contributed by atoms with Crippen LogP contribution in [0.1, 0.15) is 30.5 Å². The van der Waals surface area contributed by atoms with Gasteiger partial charge in [0.1, 0.15) is 0 Å².